The molecule has 0 radical (unpaired) electrons. The zero-order chi connectivity index (χ0) is 15.5. The number of sulfonamides is 1. The van der Waals surface area contributed by atoms with Gasteiger partial charge in [-0.25, -0.2) is 13.2 Å². The van der Waals surface area contributed by atoms with Gasteiger partial charge in [0.05, 0.1) is 12.2 Å². The fourth-order valence-corrected chi connectivity index (χ4v) is 3.25. The molecule has 0 unspecified atom stereocenters. The first-order valence-corrected chi connectivity index (χ1v) is 7.71. The number of H-pyrrole nitrogens is 1. The van der Waals surface area contributed by atoms with E-state index in [0.29, 0.717) is 5.69 Å². The average Bonchev–Trinajstić information content (AvgIpc) is 2.96. The van der Waals surface area contributed by atoms with Gasteiger partial charge >= 0.3 is 5.97 Å². The molecule has 2 N–H and O–H groups in total. The predicted octanol–water partition coefficient (Wildman–Crippen LogP) is 1.32. The Kier molecular flexibility index (Phi) is 4.39. The van der Waals surface area contributed by atoms with Crippen molar-refractivity contribution in [2.24, 2.45) is 0 Å². The van der Waals surface area contributed by atoms with Crippen molar-refractivity contribution in [1.29, 1.82) is 0 Å². The van der Waals surface area contributed by atoms with Gasteiger partial charge in [-0.15, -0.1) is 0 Å². The Bertz CT molecular complexity index is 725. The van der Waals surface area contributed by atoms with E-state index >= 15 is 0 Å². The van der Waals surface area contributed by atoms with Gasteiger partial charge in [-0.1, -0.05) is 13.0 Å². The number of carboxylic acids is 1. The van der Waals surface area contributed by atoms with Crippen molar-refractivity contribution in [3.63, 3.8) is 0 Å². The Labute approximate surface area is 122 Å². The van der Waals surface area contributed by atoms with E-state index in [9.17, 15) is 13.2 Å². The summed E-state index contributed by atoms with van der Waals surface area (Å²) in [5.74, 6) is -1.20. The number of aromatic carboxylic acids is 1. The molecule has 0 fully saturated rings. The normalized spacial score (nSPS) is 11.7. The Morgan fingerprint density at radius 1 is 1.43 bits per heavy atom. The van der Waals surface area contributed by atoms with E-state index in [1.165, 1.54) is 10.5 Å². The summed E-state index contributed by atoms with van der Waals surface area (Å²) in [6, 6.07) is 6.37. The standard InChI is InChI=1S/C13H15N3O4S/c1-2-16(9-10-5-3-4-6-14-10)21(19,20)11-7-12(13(17)18)15-8-11/h3-8,15H,2,9H2,1H3,(H,17,18). The van der Waals surface area contributed by atoms with Crippen molar-refractivity contribution in [1.82, 2.24) is 14.3 Å². The topological polar surface area (TPSA) is 103 Å². The van der Waals surface area contributed by atoms with Crippen molar-refractivity contribution >= 4 is 16.0 Å². The van der Waals surface area contributed by atoms with Crippen molar-refractivity contribution in [2.45, 2.75) is 18.4 Å². The summed E-state index contributed by atoms with van der Waals surface area (Å²) < 4.78 is 26.2. The maximum atomic E-state index is 12.5. The van der Waals surface area contributed by atoms with Crippen LogP contribution in [0.25, 0.3) is 0 Å². The van der Waals surface area contributed by atoms with Crippen molar-refractivity contribution in [3.8, 4) is 0 Å². The molecule has 0 spiro atoms. The van der Waals surface area contributed by atoms with Crippen LogP contribution in [0.3, 0.4) is 0 Å². The molecule has 8 heteroatoms. The largest absolute Gasteiger partial charge is 0.477 e. The van der Waals surface area contributed by atoms with E-state index in [-0.39, 0.29) is 23.7 Å². The second-order valence-corrected chi connectivity index (χ2v) is 6.24. The molecular weight excluding hydrogens is 294 g/mol. The van der Waals surface area contributed by atoms with Crippen molar-refractivity contribution in [3.05, 3.63) is 48.0 Å². The second-order valence-electron chi connectivity index (χ2n) is 4.31. The van der Waals surface area contributed by atoms with Crippen LogP contribution in [0, 0.1) is 0 Å². The highest BCUT2D eigenvalue weighted by molar-refractivity contribution is 7.89. The average molecular weight is 309 g/mol. The van der Waals surface area contributed by atoms with Crippen molar-refractivity contribution in [2.75, 3.05) is 6.54 Å². The molecule has 0 aromatic carbocycles. The van der Waals surface area contributed by atoms with Crippen LogP contribution >= 0.6 is 0 Å². The summed E-state index contributed by atoms with van der Waals surface area (Å²) in [5, 5.41) is 8.85. The van der Waals surface area contributed by atoms with Crippen LogP contribution in [0.4, 0.5) is 0 Å². The molecule has 2 heterocycles. The van der Waals surface area contributed by atoms with Gasteiger partial charge in [-0.05, 0) is 18.2 Å². The van der Waals surface area contributed by atoms with Gasteiger partial charge in [-0.3, -0.25) is 4.98 Å². The zero-order valence-electron chi connectivity index (χ0n) is 11.4. The van der Waals surface area contributed by atoms with Crippen LogP contribution in [-0.2, 0) is 16.6 Å². The first-order chi connectivity index (χ1) is 9.95. The summed E-state index contributed by atoms with van der Waals surface area (Å²) in [5.41, 5.74) is 0.458. The smallest absolute Gasteiger partial charge is 0.352 e. The molecule has 0 aliphatic carbocycles. The van der Waals surface area contributed by atoms with Crippen LogP contribution in [0.15, 0.2) is 41.6 Å². The number of carbonyl (C=O) groups is 1. The monoisotopic (exact) mass is 309 g/mol. The molecule has 21 heavy (non-hydrogen) atoms. The molecule has 0 saturated carbocycles. The van der Waals surface area contributed by atoms with Gasteiger partial charge < -0.3 is 10.1 Å². The fourth-order valence-electron chi connectivity index (χ4n) is 1.84. The number of hydrogen-bond donors (Lipinski definition) is 2. The summed E-state index contributed by atoms with van der Waals surface area (Å²) in [6.45, 7) is 2.10. The highest BCUT2D eigenvalue weighted by atomic mass is 32.2. The minimum atomic E-state index is -3.76. The van der Waals surface area contributed by atoms with E-state index in [0.717, 1.165) is 6.07 Å². The first kappa shape index (κ1) is 15.2. The van der Waals surface area contributed by atoms with Gasteiger partial charge in [0.15, 0.2) is 0 Å². The molecule has 0 aliphatic rings. The molecule has 0 atom stereocenters. The lowest BCUT2D eigenvalue weighted by atomic mass is 10.3. The SMILES string of the molecule is CCN(Cc1ccccn1)S(=O)(=O)c1c[nH]c(C(=O)O)c1. The van der Waals surface area contributed by atoms with E-state index in [1.54, 1.807) is 31.3 Å². The molecule has 0 saturated heterocycles. The van der Waals surface area contributed by atoms with E-state index in [1.807, 2.05) is 0 Å². The summed E-state index contributed by atoms with van der Waals surface area (Å²) >= 11 is 0. The second kappa shape index (κ2) is 6.06. The summed E-state index contributed by atoms with van der Waals surface area (Å²) in [7, 11) is -3.76. The summed E-state index contributed by atoms with van der Waals surface area (Å²) in [4.78, 5) is 17.3. The van der Waals surface area contributed by atoms with Gasteiger partial charge in [0, 0.05) is 18.9 Å². The van der Waals surface area contributed by atoms with Crippen LogP contribution in [-0.4, -0.2) is 40.3 Å². The maximum absolute atomic E-state index is 12.5. The quantitative estimate of drug-likeness (QED) is 0.837. The van der Waals surface area contributed by atoms with Crippen LogP contribution < -0.4 is 0 Å². The van der Waals surface area contributed by atoms with Gasteiger partial charge in [0.2, 0.25) is 10.0 Å². The van der Waals surface area contributed by atoms with E-state index < -0.39 is 16.0 Å². The number of hydrogen-bond acceptors (Lipinski definition) is 4. The molecule has 112 valence electrons. The minimum absolute atomic E-state index is 0.0716. The van der Waals surface area contributed by atoms with E-state index in [4.69, 9.17) is 5.11 Å². The number of pyridine rings is 1. The number of carboxylic acid groups (broad SMARTS) is 1. The third-order valence-corrected chi connectivity index (χ3v) is 4.84. The Balaban J connectivity index is 2.28. The van der Waals surface area contributed by atoms with Gasteiger partial charge in [0.1, 0.15) is 10.6 Å². The Morgan fingerprint density at radius 3 is 2.71 bits per heavy atom. The molecule has 0 amide bonds. The predicted molar refractivity (Wildman–Crippen MR) is 75.3 cm³/mol. The lowest BCUT2D eigenvalue weighted by Crippen LogP contribution is -2.30. The third-order valence-electron chi connectivity index (χ3n) is 2.94. The molecule has 2 aromatic rings. The molecule has 2 rings (SSSR count). The third kappa shape index (κ3) is 3.29. The molecular formula is C13H15N3O4S. The van der Waals surface area contributed by atoms with Crippen LogP contribution in [0.2, 0.25) is 0 Å². The van der Waals surface area contributed by atoms with Crippen LogP contribution in [0.5, 0.6) is 0 Å². The molecule has 0 aliphatic heterocycles. The number of aromatic nitrogens is 2. The van der Waals surface area contributed by atoms with Gasteiger partial charge in [0.25, 0.3) is 0 Å². The van der Waals surface area contributed by atoms with E-state index in [2.05, 4.69) is 9.97 Å². The summed E-state index contributed by atoms with van der Waals surface area (Å²) in [6.07, 6.45) is 2.77. The highest BCUT2D eigenvalue weighted by Crippen LogP contribution is 2.18. The lowest BCUT2D eigenvalue weighted by molar-refractivity contribution is 0.0691. The lowest BCUT2D eigenvalue weighted by Gasteiger charge is -2.19. The first-order valence-electron chi connectivity index (χ1n) is 6.27. The number of nitrogens with zero attached hydrogens (tertiary/aromatic N) is 2. The minimum Gasteiger partial charge on any atom is -0.477 e. The van der Waals surface area contributed by atoms with Crippen LogP contribution in [0.1, 0.15) is 23.1 Å². The number of aromatic amines is 1. The maximum Gasteiger partial charge on any atom is 0.352 e. The zero-order valence-corrected chi connectivity index (χ0v) is 12.2. The fraction of sp³-hybridized carbons (Fsp3) is 0.231. The van der Waals surface area contributed by atoms with Gasteiger partial charge in [-0.2, -0.15) is 4.31 Å². The molecule has 2 aromatic heterocycles. The Morgan fingerprint density at radius 2 is 2.19 bits per heavy atom. The highest BCUT2D eigenvalue weighted by Gasteiger charge is 2.25. The Hall–Kier alpha value is -2.19. The molecule has 0 bridgehead atoms. The number of rotatable bonds is 6. The molecule has 7 nitrogen and oxygen atoms in total. The van der Waals surface area contributed by atoms with Crippen molar-refractivity contribution < 1.29 is 18.3 Å². The number of nitrogens with one attached hydrogen (secondary N) is 1.